The van der Waals surface area contributed by atoms with Crippen molar-refractivity contribution >= 4 is 0 Å². The van der Waals surface area contributed by atoms with Gasteiger partial charge in [0.2, 0.25) is 0 Å². The Morgan fingerprint density at radius 2 is 1.86 bits per heavy atom. The van der Waals surface area contributed by atoms with Crippen LogP contribution in [0.1, 0.15) is 57.4 Å². The summed E-state index contributed by atoms with van der Waals surface area (Å²) in [7, 11) is 0. The Morgan fingerprint density at radius 1 is 1.05 bits per heavy atom. The van der Waals surface area contributed by atoms with E-state index in [0.29, 0.717) is 25.7 Å². The Kier molecular flexibility index (Phi) is 9.92. The van der Waals surface area contributed by atoms with Crippen molar-refractivity contribution in [2.45, 2.75) is 51.9 Å². The van der Waals surface area contributed by atoms with Crippen LogP contribution in [0.5, 0.6) is 5.75 Å². The van der Waals surface area contributed by atoms with Crippen LogP contribution < -0.4 is 4.74 Å². The van der Waals surface area contributed by atoms with Crippen molar-refractivity contribution in [3.63, 3.8) is 0 Å². The fourth-order valence-electron chi connectivity index (χ4n) is 2.43. The molecule has 1 aromatic rings. The van der Waals surface area contributed by atoms with Crippen molar-refractivity contribution in [2.75, 3.05) is 26.4 Å². The smallest absolute Gasteiger partial charge is 0.122 e. The second-order valence-electron chi connectivity index (χ2n) is 5.47. The first kappa shape index (κ1) is 18.0. The van der Waals surface area contributed by atoms with Crippen LogP contribution in [0.2, 0.25) is 0 Å². The van der Waals surface area contributed by atoms with Crippen LogP contribution in [-0.4, -0.2) is 31.5 Å². The molecule has 0 aromatic heterocycles. The molecular weight excluding hydrogens is 264 g/mol. The van der Waals surface area contributed by atoms with Gasteiger partial charge in [0.25, 0.3) is 0 Å². The highest BCUT2D eigenvalue weighted by atomic mass is 16.5. The summed E-state index contributed by atoms with van der Waals surface area (Å²) in [5.41, 5.74) is 1.29. The van der Waals surface area contributed by atoms with Crippen molar-refractivity contribution in [3.8, 4) is 5.75 Å². The van der Waals surface area contributed by atoms with E-state index in [1.165, 1.54) is 37.7 Å². The number of aliphatic hydroxyl groups is 1. The van der Waals surface area contributed by atoms with Crippen molar-refractivity contribution in [1.82, 2.24) is 0 Å². The van der Waals surface area contributed by atoms with Gasteiger partial charge >= 0.3 is 0 Å². The number of para-hydroxylation sites is 1. The lowest BCUT2D eigenvalue weighted by molar-refractivity contribution is 0.0702. The van der Waals surface area contributed by atoms with Crippen molar-refractivity contribution in [3.05, 3.63) is 29.8 Å². The van der Waals surface area contributed by atoms with E-state index in [1.807, 2.05) is 12.1 Å². The monoisotopic (exact) mass is 294 g/mol. The zero-order valence-corrected chi connectivity index (χ0v) is 13.5. The standard InChI is InChI=1S/C18H30O3/c1-3-4-5-6-9-16(2)17-10-7-8-11-18(17)21-15-14-20-13-12-19/h7-8,10-11,16,19H,3-6,9,12-15H2,1-2H3. The summed E-state index contributed by atoms with van der Waals surface area (Å²) in [6.07, 6.45) is 6.41. The number of benzene rings is 1. The van der Waals surface area contributed by atoms with Crippen LogP contribution in [0.3, 0.4) is 0 Å². The molecule has 0 saturated carbocycles. The zero-order valence-electron chi connectivity index (χ0n) is 13.5. The summed E-state index contributed by atoms with van der Waals surface area (Å²) in [6, 6.07) is 8.28. The lowest BCUT2D eigenvalue weighted by atomic mass is 9.94. The van der Waals surface area contributed by atoms with Crippen LogP contribution in [0.4, 0.5) is 0 Å². The summed E-state index contributed by atoms with van der Waals surface area (Å²) in [6.45, 7) is 5.99. The van der Waals surface area contributed by atoms with Gasteiger partial charge in [0.15, 0.2) is 0 Å². The molecule has 1 atom stereocenters. The number of rotatable bonds is 12. The Hall–Kier alpha value is -1.06. The summed E-state index contributed by atoms with van der Waals surface area (Å²) in [5.74, 6) is 1.49. The van der Waals surface area contributed by atoms with Gasteiger partial charge in [-0.15, -0.1) is 0 Å². The molecule has 0 aliphatic rings. The van der Waals surface area contributed by atoms with E-state index in [0.717, 1.165) is 5.75 Å². The summed E-state index contributed by atoms with van der Waals surface area (Å²) in [4.78, 5) is 0. The Bertz CT molecular complexity index is 365. The molecule has 0 aliphatic carbocycles. The van der Waals surface area contributed by atoms with Gasteiger partial charge in [-0.1, -0.05) is 57.7 Å². The number of hydrogen-bond donors (Lipinski definition) is 1. The molecule has 0 spiro atoms. The second-order valence-corrected chi connectivity index (χ2v) is 5.47. The summed E-state index contributed by atoms with van der Waals surface area (Å²) >= 11 is 0. The maximum atomic E-state index is 8.65. The average Bonchev–Trinajstić information content (AvgIpc) is 2.51. The summed E-state index contributed by atoms with van der Waals surface area (Å²) < 4.78 is 11.0. The largest absolute Gasteiger partial charge is 0.491 e. The van der Waals surface area contributed by atoms with E-state index in [9.17, 15) is 0 Å². The molecule has 3 heteroatoms. The molecule has 0 aliphatic heterocycles. The fraction of sp³-hybridized carbons (Fsp3) is 0.667. The minimum Gasteiger partial charge on any atom is -0.491 e. The molecule has 1 unspecified atom stereocenters. The molecule has 0 radical (unpaired) electrons. The molecule has 1 N–H and O–H groups in total. The van der Waals surface area contributed by atoms with E-state index in [2.05, 4.69) is 26.0 Å². The molecule has 3 nitrogen and oxygen atoms in total. The third-order valence-corrected chi connectivity index (χ3v) is 3.66. The normalized spacial score (nSPS) is 12.3. The second kappa shape index (κ2) is 11.6. The van der Waals surface area contributed by atoms with Gasteiger partial charge in [0.05, 0.1) is 19.8 Å². The first-order valence-corrected chi connectivity index (χ1v) is 8.20. The van der Waals surface area contributed by atoms with Gasteiger partial charge in [-0.3, -0.25) is 0 Å². The van der Waals surface area contributed by atoms with Crippen LogP contribution >= 0.6 is 0 Å². The number of ether oxygens (including phenoxy) is 2. The van der Waals surface area contributed by atoms with Gasteiger partial charge in [0, 0.05) is 0 Å². The molecule has 0 heterocycles. The highest BCUT2D eigenvalue weighted by Crippen LogP contribution is 2.30. The SMILES string of the molecule is CCCCCCC(C)c1ccccc1OCCOCCO. The van der Waals surface area contributed by atoms with E-state index in [1.54, 1.807) is 0 Å². The quantitative estimate of drug-likeness (QED) is 0.589. The number of hydrogen-bond acceptors (Lipinski definition) is 3. The lowest BCUT2D eigenvalue weighted by Gasteiger charge is -2.17. The van der Waals surface area contributed by atoms with Crippen molar-refractivity contribution in [2.24, 2.45) is 0 Å². The molecule has 120 valence electrons. The topological polar surface area (TPSA) is 38.7 Å². The molecule has 0 amide bonds. The van der Waals surface area contributed by atoms with E-state index in [-0.39, 0.29) is 6.61 Å². The maximum absolute atomic E-state index is 8.65. The lowest BCUT2D eigenvalue weighted by Crippen LogP contribution is -2.10. The van der Waals surface area contributed by atoms with E-state index in [4.69, 9.17) is 14.6 Å². The first-order valence-electron chi connectivity index (χ1n) is 8.20. The molecule has 21 heavy (non-hydrogen) atoms. The number of unbranched alkanes of at least 4 members (excludes halogenated alkanes) is 3. The van der Waals surface area contributed by atoms with Gasteiger partial charge < -0.3 is 14.6 Å². The fourth-order valence-corrected chi connectivity index (χ4v) is 2.43. The molecule has 1 aromatic carbocycles. The molecule has 0 fully saturated rings. The molecule has 0 bridgehead atoms. The van der Waals surface area contributed by atoms with Gasteiger partial charge in [-0.2, -0.15) is 0 Å². The van der Waals surface area contributed by atoms with E-state index < -0.39 is 0 Å². The third kappa shape index (κ3) is 7.49. The van der Waals surface area contributed by atoms with Gasteiger partial charge in [-0.25, -0.2) is 0 Å². The van der Waals surface area contributed by atoms with Gasteiger partial charge in [-0.05, 0) is 24.0 Å². The van der Waals surface area contributed by atoms with Crippen LogP contribution in [0, 0.1) is 0 Å². The minimum atomic E-state index is 0.0609. The van der Waals surface area contributed by atoms with Crippen LogP contribution in [-0.2, 0) is 4.74 Å². The Balaban J connectivity index is 2.41. The molecule has 0 saturated heterocycles. The third-order valence-electron chi connectivity index (χ3n) is 3.66. The van der Waals surface area contributed by atoms with E-state index >= 15 is 0 Å². The number of aliphatic hydroxyl groups excluding tert-OH is 1. The summed E-state index contributed by atoms with van der Waals surface area (Å²) in [5, 5.41) is 8.65. The highest BCUT2D eigenvalue weighted by Gasteiger charge is 2.11. The van der Waals surface area contributed by atoms with Gasteiger partial charge in [0.1, 0.15) is 12.4 Å². The Morgan fingerprint density at radius 3 is 2.62 bits per heavy atom. The highest BCUT2D eigenvalue weighted by molar-refractivity contribution is 5.35. The van der Waals surface area contributed by atoms with Crippen LogP contribution in [0.15, 0.2) is 24.3 Å². The van der Waals surface area contributed by atoms with Crippen molar-refractivity contribution < 1.29 is 14.6 Å². The maximum Gasteiger partial charge on any atom is 0.122 e. The molecule has 1 rings (SSSR count). The van der Waals surface area contributed by atoms with Crippen LogP contribution in [0.25, 0.3) is 0 Å². The first-order chi connectivity index (χ1) is 10.3. The molecular formula is C18H30O3. The zero-order chi connectivity index (χ0) is 15.3. The van der Waals surface area contributed by atoms with Crippen molar-refractivity contribution in [1.29, 1.82) is 0 Å². The predicted molar refractivity (Wildman–Crippen MR) is 87.0 cm³/mol. The Labute approximate surface area is 129 Å². The average molecular weight is 294 g/mol. The predicted octanol–water partition coefficient (Wildman–Crippen LogP) is 4.15. The minimum absolute atomic E-state index is 0.0609.